The van der Waals surface area contributed by atoms with Crippen LogP contribution in [-0.4, -0.2) is 56.4 Å². The highest BCUT2D eigenvalue weighted by Gasteiger charge is 1.99. The second-order valence-corrected chi connectivity index (χ2v) is 4.17. The SMILES string of the molecule is OC(O)COCC(O)O.Oc1ccccc1.Oc1ccccc1. The van der Waals surface area contributed by atoms with Gasteiger partial charge in [0.05, 0.1) is 13.2 Å². The zero-order valence-corrected chi connectivity index (χ0v) is 12.4. The van der Waals surface area contributed by atoms with Crippen molar-refractivity contribution in [2.45, 2.75) is 12.6 Å². The third kappa shape index (κ3) is 16.0. The maximum absolute atomic E-state index is 8.63. The molecule has 0 saturated heterocycles. The largest absolute Gasteiger partial charge is 0.508 e. The molecule has 0 heterocycles. The van der Waals surface area contributed by atoms with E-state index in [0.29, 0.717) is 11.5 Å². The molecule has 2 aromatic carbocycles. The van der Waals surface area contributed by atoms with Gasteiger partial charge in [-0.25, -0.2) is 0 Å². The molecule has 0 atom stereocenters. The summed E-state index contributed by atoms with van der Waals surface area (Å²) in [6.07, 6.45) is -3.10. The van der Waals surface area contributed by atoms with E-state index in [1.807, 2.05) is 12.1 Å². The predicted octanol–water partition coefficient (Wildman–Crippen LogP) is 0.409. The third-order valence-electron chi connectivity index (χ3n) is 2.05. The Balaban J connectivity index is 0.000000318. The maximum Gasteiger partial charge on any atom is 0.175 e. The summed E-state index contributed by atoms with van der Waals surface area (Å²) in [6.45, 7) is -0.616. The van der Waals surface area contributed by atoms with Gasteiger partial charge in [0.25, 0.3) is 0 Å². The molecule has 7 heteroatoms. The van der Waals surface area contributed by atoms with E-state index in [-0.39, 0.29) is 13.2 Å². The number of hydrogen-bond acceptors (Lipinski definition) is 7. The second kappa shape index (κ2) is 13.5. The second-order valence-electron chi connectivity index (χ2n) is 4.17. The highest BCUT2D eigenvalue weighted by molar-refractivity contribution is 5.19. The summed E-state index contributed by atoms with van der Waals surface area (Å²) >= 11 is 0. The van der Waals surface area contributed by atoms with Gasteiger partial charge in [-0.15, -0.1) is 0 Å². The number of benzene rings is 2. The van der Waals surface area contributed by atoms with Crippen LogP contribution < -0.4 is 0 Å². The van der Waals surface area contributed by atoms with Crippen molar-refractivity contribution in [2.24, 2.45) is 0 Å². The van der Waals surface area contributed by atoms with Crippen molar-refractivity contribution in [3.63, 3.8) is 0 Å². The third-order valence-corrected chi connectivity index (χ3v) is 2.05. The number of rotatable bonds is 4. The van der Waals surface area contributed by atoms with Crippen LogP contribution in [0.3, 0.4) is 0 Å². The molecular weight excluding hydrogens is 304 g/mol. The summed E-state index contributed by atoms with van der Waals surface area (Å²) in [5.74, 6) is 0.644. The molecule has 0 aliphatic rings. The first-order chi connectivity index (χ1) is 10.9. The molecule has 0 radical (unpaired) electrons. The fourth-order valence-corrected chi connectivity index (χ4v) is 1.13. The molecule has 0 amide bonds. The van der Waals surface area contributed by atoms with Crippen molar-refractivity contribution in [2.75, 3.05) is 13.2 Å². The van der Waals surface area contributed by atoms with Crippen LogP contribution in [0.25, 0.3) is 0 Å². The van der Waals surface area contributed by atoms with Crippen molar-refractivity contribution < 1.29 is 35.4 Å². The molecule has 2 rings (SSSR count). The van der Waals surface area contributed by atoms with Gasteiger partial charge < -0.3 is 35.4 Å². The van der Waals surface area contributed by atoms with E-state index >= 15 is 0 Å². The van der Waals surface area contributed by atoms with Crippen LogP contribution in [-0.2, 0) is 4.74 Å². The van der Waals surface area contributed by atoms with Crippen LogP contribution in [0.5, 0.6) is 11.5 Å². The van der Waals surface area contributed by atoms with E-state index in [0.717, 1.165) is 0 Å². The van der Waals surface area contributed by atoms with Gasteiger partial charge in [0.15, 0.2) is 12.6 Å². The molecule has 0 spiro atoms. The highest BCUT2D eigenvalue weighted by Crippen LogP contribution is 2.03. The number of aliphatic hydroxyl groups excluding tert-OH is 2. The number of phenolic OH excluding ortho intramolecular Hbond substituents is 2. The molecule has 0 bridgehead atoms. The summed E-state index contributed by atoms with van der Waals surface area (Å²) < 4.78 is 4.36. The molecule has 0 saturated carbocycles. The number of ether oxygens (including phenoxy) is 1. The van der Waals surface area contributed by atoms with Crippen LogP contribution >= 0.6 is 0 Å². The molecule has 0 aromatic heterocycles. The molecule has 0 aliphatic carbocycles. The Kier molecular flexibility index (Phi) is 12.2. The summed E-state index contributed by atoms with van der Waals surface area (Å²) in [6, 6.07) is 17.4. The van der Waals surface area contributed by atoms with Crippen molar-refractivity contribution >= 4 is 0 Å². The van der Waals surface area contributed by atoms with Crippen molar-refractivity contribution in [3.05, 3.63) is 60.7 Å². The smallest absolute Gasteiger partial charge is 0.175 e. The Morgan fingerprint density at radius 3 is 1.09 bits per heavy atom. The van der Waals surface area contributed by atoms with E-state index in [4.69, 9.17) is 30.6 Å². The van der Waals surface area contributed by atoms with E-state index < -0.39 is 12.6 Å². The minimum Gasteiger partial charge on any atom is -0.508 e. The maximum atomic E-state index is 8.63. The minimum atomic E-state index is -1.55. The van der Waals surface area contributed by atoms with E-state index in [2.05, 4.69) is 4.74 Å². The predicted molar refractivity (Wildman–Crippen MR) is 83.5 cm³/mol. The van der Waals surface area contributed by atoms with Gasteiger partial charge in [-0.3, -0.25) is 0 Å². The summed E-state index contributed by atoms with van der Waals surface area (Å²) in [4.78, 5) is 0. The normalized spacial score (nSPS) is 9.65. The van der Waals surface area contributed by atoms with Crippen molar-refractivity contribution in [1.82, 2.24) is 0 Å². The first-order valence-electron chi connectivity index (χ1n) is 6.70. The molecular formula is C16H22O7. The Bertz CT molecular complexity index is 429. The molecule has 2 aromatic rings. The van der Waals surface area contributed by atoms with E-state index in [9.17, 15) is 0 Å². The summed E-state index contributed by atoms with van der Waals surface area (Å²) in [7, 11) is 0. The highest BCUT2D eigenvalue weighted by atomic mass is 16.6. The molecule has 128 valence electrons. The van der Waals surface area contributed by atoms with Crippen LogP contribution in [0.15, 0.2) is 60.7 Å². The van der Waals surface area contributed by atoms with Gasteiger partial charge in [0.1, 0.15) is 11.5 Å². The van der Waals surface area contributed by atoms with Crippen LogP contribution in [0.1, 0.15) is 0 Å². The van der Waals surface area contributed by atoms with Gasteiger partial charge in [0.2, 0.25) is 0 Å². The number of phenols is 2. The van der Waals surface area contributed by atoms with Crippen LogP contribution in [0, 0.1) is 0 Å². The minimum absolute atomic E-state index is 0.308. The summed E-state index contributed by atoms with van der Waals surface area (Å²) in [5.41, 5.74) is 0. The number of hydrogen-bond donors (Lipinski definition) is 6. The first-order valence-corrected chi connectivity index (χ1v) is 6.70. The van der Waals surface area contributed by atoms with Crippen molar-refractivity contribution in [3.8, 4) is 11.5 Å². The lowest BCUT2D eigenvalue weighted by molar-refractivity contribution is -0.138. The molecule has 23 heavy (non-hydrogen) atoms. The monoisotopic (exact) mass is 326 g/mol. The van der Waals surface area contributed by atoms with Gasteiger partial charge in [0, 0.05) is 0 Å². The molecule has 0 aliphatic heterocycles. The lowest BCUT2D eigenvalue weighted by atomic mass is 10.3. The van der Waals surface area contributed by atoms with Gasteiger partial charge in [-0.2, -0.15) is 0 Å². The fourth-order valence-electron chi connectivity index (χ4n) is 1.13. The van der Waals surface area contributed by atoms with Crippen LogP contribution in [0.4, 0.5) is 0 Å². The first kappa shape index (κ1) is 20.8. The fraction of sp³-hybridized carbons (Fsp3) is 0.250. The molecule has 7 nitrogen and oxygen atoms in total. The van der Waals surface area contributed by atoms with Crippen LogP contribution in [0.2, 0.25) is 0 Å². The lowest BCUT2D eigenvalue weighted by Crippen LogP contribution is -2.20. The standard InChI is InChI=1S/2C6H6O.C4H10O5/c2*7-6-4-2-1-3-5-6;5-3(6)1-9-2-4(7)8/h2*1-5,7H;3-8H,1-2H2. The average molecular weight is 326 g/mol. The lowest BCUT2D eigenvalue weighted by Gasteiger charge is -2.05. The van der Waals surface area contributed by atoms with E-state index in [1.54, 1.807) is 48.5 Å². The zero-order chi connectivity index (χ0) is 17.5. The van der Waals surface area contributed by atoms with Gasteiger partial charge >= 0.3 is 0 Å². The van der Waals surface area contributed by atoms with Crippen molar-refractivity contribution in [1.29, 1.82) is 0 Å². The topological polar surface area (TPSA) is 131 Å². The molecule has 6 N–H and O–H groups in total. The number of aromatic hydroxyl groups is 2. The summed E-state index contributed by atoms with van der Waals surface area (Å²) in [5, 5.41) is 49.8. The molecule has 0 unspecified atom stereocenters. The number of para-hydroxylation sites is 2. The Morgan fingerprint density at radius 1 is 0.609 bits per heavy atom. The number of aliphatic hydroxyl groups is 4. The van der Waals surface area contributed by atoms with E-state index in [1.165, 1.54) is 0 Å². The Hall–Kier alpha value is -2.16. The molecule has 0 fully saturated rings. The zero-order valence-electron chi connectivity index (χ0n) is 12.4. The Labute approximate surface area is 134 Å². The quantitative estimate of drug-likeness (QED) is 0.449. The average Bonchev–Trinajstić information content (AvgIpc) is 2.49. The van der Waals surface area contributed by atoms with Gasteiger partial charge in [-0.05, 0) is 24.3 Å². The Morgan fingerprint density at radius 2 is 0.913 bits per heavy atom. The van der Waals surface area contributed by atoms with Gasteiger partial charge in [-0.1, -0.05) is 36.4 Å².